The van der Waals surface area contributed by atoms with Crippen molar-refractivity contribution in [2.24, 2.45) is 0 Å². The van der Waals surface area contributed by atoms with E-state index in [1.165, 1.54) is 10.4 Å². The number of benzene rings is 1. The number of sulfonamides is 1. The molecule has 4 nitrogen and oxygen atoms in total. The van der Waals surface area contributed by atoms with Crippen molar-refractivity contribution in [3.05, 3.63) is 27.7 Å². The molecule has 102 valence electrons. The van der Waals surface area contributed by atoms with E-state index in [1.807, 2.05) is 6.92 Å². The number of halogens is 1. The van der Waals surface area contributed by atoms with Crippen LogP contribution in [0, 0.1) is 6.92 Å². The summed E-state index contributed by atoms with van der Waals surface area (Å²) in [6.07, 6.45) is 0.760. The van der Waals surface area contributed by atoms with Crippen LogP contribution in [0.3, 0.4) is 0 Å². The zero-order chi connectivity index (χ0) is 13.9. The van der Waals surface area contributed by atoms with Crippen molar-refractivity contribution in [1.82, 2.24) is 4.31 Å². The van der Waals surface area contributed by atoms with Crippen molar-refractivity contribution >= 4 is 26.0 Å². The fraction of sp³-hybridized carbons (Fsp3) is 0.500. The number of hydrogen-bond acceptors (Lipinski definition) is 3. The molecule has 0 spiro atoms. The summed E-state index contributed by atoms with van der Waals surface area (Å²) in [5.41, 5.74) is 1.24. The molecule has 0 radical (unpaired) electrons. The Morgan fingerprint density at radius 3 is 2.50 bits per heavy atom. The standard InChI is InChI=1S/C12H18BrNO3S/c1-4-5-14(3)18(16,17)12-7-10(8-15)6-11(13)9(12)2/h6-7,15H,4-5,8H2,1-3H3. The maximum Gasteiger partial charge on any atom is 0.243 e. The number of aliphatic hydroxyl groups excluding tert-OH is 1. The molecule has 0 atom stereocenters. The second-order valence-electron chi connectivity index (χ2n) is 4.19. The lowest BCUT2D eigenvalue weighted by Crippen LogP contribution is -2.28. The number of nitrogens with zero attached hydrogens (tertiary/aromatic N) is 1. The summed E-state index contributed by atoms with van der Waals surface area (Å²) in [5, 5.41) is 9.16. The van der Waals surface area contributed by atoms with Crippen LogP contribution in [0.4, 0.5) is 0 Å². The zero-order valence-corrected chi connectivity index (χ0v) is 13.2. The van der Waals surface area contributed by atoms with Crippen LogP contribution in [0.5, 0.6) is 0 Å². The molecule has 0 bridgehead atoms. The average Bonchev–Trinajstić information content (AvgIpc) is 2.32. The van der Waals surface area contributed by atoms with Crippen molar-refractivity contribution < 1.29 is 13.5 Å². The van der Waals surface area contributed by atoms with Gasteiger partial charge in [-0.3, -0.25) is 0 Å². The SMILES string of the molecule is CCCN(C)S(=O)(=O)c1cc(CO)cc(Br)c1C. The first-order chi connectivity index (χ1) is 8.34. The summed E-state index contributed by atoms with van der Waals surface area (Å²) in [6, 6.07) is 3.26. The highest BCUT2D eigenvalue weighted by atomic mass is 79.9. The predicted octanol–water partition coefficient (Wildman–Crippen LogP) is 2.28. The molecule has 0 aliphatic heterocycles. The van der Waals surface area contributed by atoms with Gasteiger partial charge in [-0.1, -0.05) is 22.9 Å². The molecule has 0 saturated carbocycles. The molecule has 6 heteroatoms. The highest BCUT2D eigenvalue weighted by Crippen LogP contribution is 2.27. The van der Waals surface area contributed by atoms with Gasteiger partial charge in [0.1, 0.15) is 0 Å². The second kappa shape index (κ2) is 6.14. The Hall–Kier alpha value is -0.430. The maximum atomic E-state index is 12.4. The lowest BCUT2D eigenvalue weighted by Gasteiger charge is -2.19. The molecule has 1 aromatic carbocycles. The molecule has 0 fully saturated rings. The van der Waals surface area contributed by atoms with Crippen LogP contribution in [0.15, 0.2) is 21.5 Å². The Bertz CT molecular complexity index is 528. The normalized spacial score (nSPS) is 12.1. The van der Waals surface area contributed by atoms with Gasteiger partial charge in [0.25, 0.3) is 0 Å². The van der Waals surface area contributed by atoms with Crippen LogP contribution in [0.25, 0.3) is 0 Å². The molecule has 1 rings (SSSR count). The van der Waals surface area contributed by atoms with Gasteiger partial charge >= 0.3 is 0 Å². The fourth-order valence-electron chi connectivity index (χ4n) is 1.67. The summed E-state index contributed by atoms with van der Waals surface area (Å²) in [7, 11) is -1.93. The van der Waals surface area contributed by atoms with Gasteiger partial charge in [-0.05, 0) is 36.6 Å². The van der Waals surface area contributed by atoms with Crippen LogP contribution >= 0.6 is 15.9 Å². The smallest absolute Gasteiger partial charge is 0.243 e. The van der Waals surface area contributed by atoms with Crippen molar-refractivity contribution in [3.63, 3.8) is 0 Å². The summed E-state index contributed by atoms with van der Waals surface area (Å²) >= 11 is 3.32. The van der Waals surface area contributed by atoms with E-state index in [9.17, 15) is 8.42 Å². The van der Waals surface area contributed by atoms with E-state index in [-0.39, 0.29) is 11.5 Å². The Kier molecular flexibility index (Phi) is 5.33. The summed E-state index contributed by atoms with van der Waals surface area (Å²) in [4.78, 5) is 0.247. The van der Waals surface area contributed by atoms with E-state index >= 15 is 0 Å². The number of aliphatic hydroxyl groups is 1. The van der Waals surface area contributed by atoms with Gasteiger partial charge in [0.2, 0.25) is 10.0 Å². The Morgan fingerprint density at radius 2 is 2.00 bits per heavy atom. The highest BCUT2D eigenvalue weighted by molar-refractivity contribution is 9.10. The molecule has 0 aliphatic rings. The third-order valence-corrected chi connectivity index (χ3v) is 5.57. The molecular weight excluding hydrogens is 318 g/mol. The van der Waals surface area contributed by atoms with Gasteiger partial charge in [0.15, 0.2) is 0 Å². The van der Waals surface area contributed by atoms with E-state index in [0.29, 0.717) is 22.1 Å². The quantitative estimate of drug-likeness (QED) is 0.897. The van der Waals surface area contributed by atoms with Crippen molar-refractivity contribution in [2.75, 3.05) is 13.6 Å². The van der Waals surface area contributed by atoms with Crippen molar-refractivity contribution in [2.45, 2.75) is 31.8 Å². The molecule has 0 unspecified atom stereocenters. The van der Waals surface area contributed by atoms with Crippen LogP contribution < -0.4 is 0 Å². The highest BCUT2D eigenvalue weighted by Gasteiger charge is 2.23. The minimum Gasteiger partial charge on any atom is -0.392 e. The van der Waals surface area contributed by atoms with E-state index in [0.717, 1.165) is 6.42 Å². The molecule has 18 heavy (non-hydrogen) atoms. The van der Waals surface area contributed by atoms with Crippen molar-refractivity contribution in [1.29, 1.82) is 0 Å². The third kappa shape index (κ3) is 3.12. The van der Waals surface area contributed by atoms with E-state index in [1.54, 1.807) is 20.0 Å². The second-order valence-corrected chi connectivity index (χ2v) is 7.05. The van der Waals surface area contributed by atoms with Crippen LogP contribution in [0.1, 0.15) is 24.5 Å². The lowest BCUT2D eigenvalue weighted by atomic mass is 10.2. The molecule has 1 N–H and O–H groups in total. The van der Waals surface area contributed by atoms with Crippen LogP contribution in [-0.4, -0.2) is 31.4 Å². The van der Waals surface area contributed by atoms with Gasteiger partial charge < -0.3 is 5.11 Å². The molecule has 0 aliphatic carbocycles. The molecule has 0 aromatic heterocycles. The van der Waals surface area contributed by atoms with Gasteiger partial charge in [-0.25, -0.2) is 12.7 Å². The molecular formula is C12H18BrNO3S. The topological polar surface area (TPSA) is 57.6 Å². The van der Waals surface area contributed by atoms with E-state index in [4.69, 9.17) is 5.11 Å². The number of rotatable bonds is 5. The predicted molar refractivity (Wildman–Crippen MR) is 74.9 cm³/mol. The monoisotopic (exact) mass is 335 g/mol. The van der Waals surface area contributed by atoms with Crippen LogP contribution in [-0.2, 0) is 16.6 Å². The van der Waals surface area contributed by atoms with Gasteiger partial charge in [0, 0.05) is 18.1 Å². The first-order valence-corrected chi connectivity index (χ1v) is 7.94. The first-order valence-electron chi connectivity index (χ1n) is 5.70. The summed E-state index contributed by atoms with van der Waals surface area (Å²) in [5.74, 6) is 0. The Balaban J connectivity index is 3.36. The Labute approximate surface area is 117 Å². The third-order valence-electron chi connectivity index (χ3n) is 2.77. The largest absolute Gasteiger partial charge is 0.392 e. The average molecular weight is 336 g/mol. The molecule has 0 saturated heterocycles. The molecule has 0 amide bonds. The minimum atomic E-state index is -3.49. The summed E-state index contributed by atoms with van der Waals surface area (Å²) < 4.78 is 26.8. The molecule has 0 heterocycles. The van der Waals surface area contributed by atoms with Gasteiger partial charge in [-0.2, -0.15) is 0 Å². The number of hydrogen-bond donors (Lipinski definition) is 1. The molecule has 1 aromatic rings. The fourth-order valence-corrected chi connectivity index (χ4v) is 3.86. The van der Waals surface area contributed by atoms with Gasteiger partial charge in [-0.15, -0.1) is 0 Å². The van der Waals surface area contributed by atoms with Crippen molar-refractivity contribution in [3.8, 4) is 0 Å². The summed E-state index contributed by atoms with van der Waals surface area (Å²) in [6.45, 7) is 3.97. The minimum absolute atomic E-state index is 0.182. The van der Waals surface area contributed by atoms with E-state index in [2.05, 4.69) is 15.9 Å². The van der Waals surface area contributed by atoms with Gasteiger partial charge in [0.05, 0.1) is 11.5 Å². The van der Waals surface area contributed by atoms with Crippen LogP contribution in [0.2, 0.25) is 0 Å². The lowest BCUT2D eigenvalue weighted by molar-refractivity contribution is 0.281. The van der Waals surface area contributed by atoms with E-state index < -0.39 is 10.0 Å². The maximum absolute atomic E-state index is 12.4. The Morgan fingerprint density at radius 1 is 1.39 bits per heavy atom. The first kappa shape index (κ1) is 15.6. The zero-order valence-electron chi connectivity index (χ0n) is 10.8.